The lowest BCUT2D eigenvalue weighted by atomic mass is 9.87. The predicted molar refractivity (Wildman–Crippen MR) is 74.9 cm³/mol. The minimum atomic E-state index is 0.155. The molecule has 1 aliphatic carbocycles. The normalized spacial score (nSPS) is 17.8. The molecule has 0 fully saturated rings. The number of ether oxygens (including phenoxy) is 1. The Morgan fingerprint density at radius 2 is 2.16 bits per heavy atom. The van der Waals surface area contributed by atoms with Crippen LogP contribution in [0.5, 0.6) is 5.75 Å². The summed E-state index contributed by atoms with van der Waals surface area (Å²) in [6, 6.07) is 12.2. The van der Waals surface area contributed by atoms with Crippen LogP contribution < -0.4 is 10.5 Å². The van der Waals surface area contributed by atoms with Crippen molar-refractivity contribution in [3.8, 4) is 5.75 Å². The zero-order chi connectivity index (χ0) is 13.1. The first-order valence-corrected chi connectivity index (χ1v) is 6.74. The molecule has 0 aliphatic heterocycles. The SMILES string of the molecule is NC1CCCc2c(OCc3ccccn3)cccc21. The van der Waals surface area contributed by atoms with E-state index in [2.05, 4.69) is 11.1 Å². The third-order valence-electron chi connectivity index (χ3n) is 3.61. The molecule has 0 amide bonds. The summed E-state index contributed by atoms with van der Waals surface area (Å²) in [5.74, 6) is 0.957. The largest absolute Gasteiger partial charge is 0.487 e. The fourth-order valence-corrected chi connectivity index (χ4v) is 2.62. The average Bonchev–Trinajstić information content (AvgIpc) is 2.47. The van der Waals surface area contributed by atoms with E-state index in [-0.39, 0.29) is 6.04 Å². The van der Waals surface area contributed by atoms with Gasteiger partial charge >= 0.3 is 0 Å². The van der Waals surface area contributed by atoms with Gasteiger partial charge in [-0.3, -0.25) is 4.98 Å². The van der Waals surface area contributed by atoms with Gasteiger partial charge in [0.05, 0.1) is 5.69 Å². The maximum absolute atomic E-state index is 6.15. The van der Waals surface area contributed by atoms with Crippen LogP contribution in [0.1, 0.15) is 35.7 Å². The fraction of sp³-hybridized carbons (Fsp3) is 0.312. The first kappa shape index (κ1) is 12.2. The van der Waals surface area contributed by atoms with Gasteiger partial charge < -0.3 is 10.5 Å². The van der Waals surface area contributed by atoms with Crippen molar-refractivity contribution in [2.45, 2.75) is 31.9 Å². The molecule has 1 unspecified atom stereocenters. The third-order valence-corrected chi connectivity index (χ3v) is 3.61. The minimum absolute atomic E-state index is 0.155. The molecule has 0 radical (unpaired) electrons. The molecule has 2 aromatic rings. The summed E-state index contributed by atoms with van der Waals surface area (Å²) in [6.45, 7) is 0.506. The molecule has 3 nitrogen and oxygen atoms in total. The zero-order valence-electron chi connectivity index (χ0n) is 10.9. The summed E-state index contributed by atoms with van der Waals surface area (Å²) in [4.78, 5) is 4.27. The standard InChI is InChI=1S/C16H18N2O/c17-15-8-3-7-14-13(15)6-4-9-16(14)19-11-12-5-1-2-10-18-12/h1-2,4-6,9-10,15H,3,7-8,11,17H2. The van der Waals surface area contributed by atoms with Crippen LogP contribution in [0.15, 0.2) is 42.6 Å². The van der Waals surface area contributed by atoms with Crippen LogP contribution in [0, 0.1) is 0 Å². The van der Waals surface area contributed by atoms with Gasteiger partial charge in [0.25, 0.3) is 0 Å². The highest BCUT2D eigenvalue weighted by Gasteiger charge is 2.19. The van der Waals surface area contributed by atoms with E-state index in [1.54, 1.807) is 6.20 Å². The second kappa shape index (κ2) is 5.41. The van der Waals surface area contributed by atoms with Crippen LogP contribution in [0.3, 0.4) is 0 Å². The fourth-order valence-electron chi connectivity index (χ4n) is 2.62. The van der Waals surface area contributed by atoms with Crippen LogP contribution in [0.25, 0.3) is 0 Å². The van der Waals surface area contributed by atoms with E-state index in [0.717, 1.165) is 30.7 Å². The van der Waals surface area contributed by atoms with Crippen molar-refractivity contribution in [2.75, 3.05) is 0 Å². The van der Waals surface area contributed by atoms with Crippen molar-refractivity contribution < 1.29 is 4.74 Å². The van der Waals surface area contributed by atoms with E-state index in [9.17, 15) is 0 Å². The quantitative estimate of drug-likeness (QED) is 0.916. The van der Waals surface area contributed by atoms with Crippen LogP contribution in [-0.2, 0) is 13.0 Å². The molecule has 0 bridgehead atoms. The summed E-state index contributed by atoms with van der Waals surface area (Å²) < 4.78 is 5.92. The first-order valence-electron chi connectivity index (χ1n) is 6.74. The number of hydrogen-bond donors (Lipinski definition) is 1. The molecule has 3 rings (SSSR count). The summed E-state index contributed by atoms with van der Waals surface area (Å²) in [5, 5.41) is 0. The average molecular weight is 254 g/mol. The van der Waals surface area contributed by atoms with Crippen molar-refractivity contribution in [1.82, 2.24) is 4.98 Å². The smallest absolute Gasteiger partial charge is 0.130 e. The van der Waals surface area contributed by atoms with Gasteiger partial charge in [0.1, 0.15) is 12.4 Å². The first-order chi connectivity index (χ1) is 9.34. The molecule has 1 aromatic heterocycles. The molecule has 1 heterocycles. The van der Waals surface area contributed by atoms with Gasteiger partial charge in [0.15, 0.2) is 0 Å². The molecule has 1 atom stereocenters. The monoisotopic (exact) mass is 254 g/mol. The number of benzene rings is 1. The van der Waals surface area contributed by atoms with E-state index in [1.807, 2.05) is 30.3 Å². The number of fused-ring (bicyclic) bond motifs is 1. The Kier molecular flexibility index (Phi) is 3.47. The minimum Gasteiger partial charge on any atom is -0.487 e. The van der Waals surface area contributed by atoms with E-state index in [4.69, 9.17) is 10.5 Å². The molecule has 3 heteroatoms. The number of pyridine rings is 1. The summed E-state index contributed by atoms with van der Waals surface area (Å²) >= 11 is 0. The van der Waals surface area contributed by atoms with Gasteiger partial charge in [-0.1, -0.05) is 18.2 Å². The molecule has 0 saturated heterocycles. The van der Waals surface area contributed by atoms with Crippen molar-refractivity contribution in [3.63, 3.8) is 0 Å². The molecule has 1 aliphatic rings. The maximum atomic E-state index is 6.15. The Morgan fingerprint density at radius 1 is 1.21 bits per heavy atom. The molecular weight excluding hydrogens is 236 g/mol. The zero-order valence-corrected chi connectivity index (χ0v) is 10.9. The highest BCUT2D eigenvalue weighted by atomic mass is 16.5. The van der Waals surface area contributed by atoms with Crippen molar-refractivity contribution in [3.05, 3.63) is 59.4 Å². The van der Waals surface area contributed by atoms with E-state index >= 15 is 0 Å². The Balaban J connectivity index is 1.80. The van der Waals surface area contributed by atoms with Crippen LogP contribution in [0.4, 0.5) is 0 Å². The molecule has 19 heavy (non-hydrogen) atoms. The maximum Gasteiger partial charge on any atom is 0.130 e. The van der Waals surface area contributed by atoms with Crippen molar-refractivity contribution in [2.24, 2.45) is 5.73 Å². The molecular formula is C16H18N2O. The lowest BCUT2D eigenvalue weighted by Crippen LogP contribution is -2.18. The summed E-state index contributed by atoms with van der Waals surface area (Å²) in [7, 11) is 0. The van der Waals surface area contributed by atoms with Gasteiger partial charge in [0, 0.05) is 12.2 Å². The van der Waals surface area contributed by atoms with Crippen molar-refractivity contribution >= 4 is 0 Å². The Bertz CT molecular complexity index is 554. The number of nitrogens with zero attached hydrogens (tertiary/aromatic N) is 1. The Morgan fingerprint density at radius 3 is 3.00 bits per heavy atom. The van der Waals surface area contributed by atoms with Gasteiger partial charge in [0.2, 0.25) is 0 Å². The molecule has 1 aromatic carbocycles. The third kappa shape index (κ3) is 2.61. The topological polar surface area (TPSA) is 48.1 Å². The van der Waals surface area contributed by atoms with Gasteiger partial charge in [-0.25, -0.2) is 0 Å². The lowest BCUT2D eigenvalue weighted by Gasteiger charge is -2.24. The molecule has 0 saturated carbocycles. The predicted octanol–water partition coefficient (Wildman–Crippen LogP) is 3.00. The number of nitrogens with two attached hydrogens (primary N) is 1. The lowest BCUT2D eigenvalue weighted by molar-refractivity contribution is 0.296. The molecule has 2 N–H and O–H groups in total. The highest BCUT2D eigenvalue weighted by molar-refractivity contribution is 5.43. The Labute approximate surface area is 113 Å². The summed E-state index contributed by atoms with van der Waals surface area (Å²) in [5.41, 5.74) is 9.61. The summed E-state index contributed by atoms with van der Waals surface area (Å²) in [6.07, 6.45) is 5.05. The Hall–Kier alpha value is -1.87. The van der Waals surface area contributed by atoms with Crippen molar-refractivity contribution in [1.29, 1.82) is 0 Å². The van der Waals surface area contributed by atoms with Gasteiger partial charge in [-0.15, -0.1) is 0 Å². The van der Waals surface area contributed by atoms with E-state index < -0.39 is 0 Å². The number of hydrogen-bond acceptors (Lipinski definition) is 3. The highest BCUT2D eigenvalue weighted by Crippen LogP contribution is 2.34. The van der Waals surface area contributed by atoms with Gasteiger partial charge in [-0.05, 0) is 48.6 Å². The van der Waals surface area contributed by atoms with Crippen LogP contribution in [-0.4, -0.2) is 4.98 Å². The number of rotatable bonds is 3. The second-order valence-corrected chi connectivity index (χ2v) is 4.93. The molecule has 0 spiro atoms. The van der Waals surface area contributed by atoms with E-state index in [0.29, 0.717) is 6.61 Å². The number of aromatic nitrogens is 1. The van der Waals surface area contributed by atoms with Crippen LogP contribution in [0.2, 0.25) is 0 Å². The van der Waals surface area contributed by atoms with Crippen LogP contribution >= 0.6 is 0 Å². The molecule has 98 valence electrons. The van der Waals surface area contributed by atoms with Gasteiger partial charge in [-0.2, -0.15) is 0 Å². The van der Waals surface area contributed by atoms with E-state index in [1.165, 1.54) is 11.1 Å². The second-order valence-electron chi connectivity index (χ2n) is 4.93.